The van der Waals surface area contributed by atoms with Crippen LogP contribution in [0.3, 0.4) is 0 Å². The summed E-state index contributed by atoms with van der Waals surface area (Å²) >= 11 is 0. The Labute approximate surface area is 177 Å². The highest BCUT2D eigenvalue weighted by Gasteiger charge is 2.78. The highest BCUT2D eigenvalue weighted by Crippen LogP contribution is 2.69. The molecule has 30 heavy (non-hydrogen) atoms. The molecular formula is C21H34N2O7. The SMILES string of the molecule is CC(C)(C)OC(=O)NCC12CC(C(=O)O)(C1)C1(CCN(C(=O)OC(C)(C)C)CC1)O2. The van der Waals surface area contributed by atoms with Crippen LogP contribution in [0.5, 0.6) is 0 Å². The summed E-state index contributed by atoms with van der Waals surface area (Å²) in [5.74, 6) is -0.876. The number of alkyl carbamates (subject to hydrolysis) is 1. The molecule has 3 aliphatic heterocycles. The predicted octanol–water partition coefficient (Wildman–Crippen LogP) is 2.91. The minimum atomic E-state index is -0.983. The lowest BCUT2D eigenvalue weighted by atomic mass is 9.54. The number of hydrogen-bond donors (Lipinski definition) is 2. The summed E-state index contributed by atoms with van der Waals surface area (Å²) < 4.78 is 17.1. The minimum Gasteiger partial charge on any atom is -0.481 e. The van der Waals surface area contributed by atoms with Gasteiger partial charge in [-0.25, -0.2) is 9.59 Å². The van der Waals surface area contributed by atoms with Crippen LogP contribution in [0.15, 0.2) is 0 Å². The first-order valence-corrected chi connectivity index (χ1v) is 10.5. The highest BCUT2D eigenvalue weighted by molar-refractivity contribution is 5.80. The summed E-state index contributed by atoms with van der Waals surface area (Å²) in [5.41, 5.74) is -3.73. The van der Waals surface area contributed by atoms with Crippen LogP contribution in [-0.4, -0.2) is 70.2 Å². The summed E-state index contributed by atoms with van der Waals surface area (Å²) in [6.07, 6.45) is 0.594. The Morgan fingerprint density at radius 3 is 2.00 bits per heavy atom. The van der Waals surface area contributed by atoms with Crippen molar-refractivity contribution in [3.63, 3.8) is 0 Å². The number of nitrogens with zero attached hydrogens (tertiary/aromatic N) is 1. The molecular weight excluding hydrogens is 392 g/mol. The molecule has 0 unspecified atom stereocenters. The Hall–Kier alpha value is -2.03. The molecule has 4 aliphatic rings. The van der Waals surface area contributed by atoms with Crippen molar-refractivity contribution >= 4 is 18.2 Å². The van der Waals surface area contributed by atoms with E-state index >= 15 is 0 Å². The molecule has 4 rings (SSSR count). The van der Waals surface area contributed by atoms with Crippen molar-refractivity contribution in [3.8, 4) is 0 Å². The van der Waals surface area contributed by atoms with Gasteiger partial charge in [0.25, 0.3) is 0 Å². The Morgan fingerprint density at radius 2 is 1.53 bits per heavy atom. The van der Waals surface area contributed by atoms with Crippen LogP contribution in [0.2, 0.25) is 0 Å². The van der Waals surface area contributed by atoms with E-state index in [0.29, 0.717) is 38.8 Å². The molecule has 1 spiro atoms. The van der Waals surface area contributed by atoms with Crippen molar-refractivity contribution in [1.82, 2.24) is 10.2 Å². The maximum absolute atomic E-state index is 12.4. The molecule has 170 valence electrons. The molecule has 0 radical (unpaired) electrons. The van der Waals surface area contributed by atoms with Crippen molar-refractivity contribution in [2.45, 2.75) is 89.6 Å². The number of aliphatic carboxylic acids is 1. The molecule has 3 heterocycles. The average molecular weight is 427 g/mol. The number of carboxylic acids is 1. The highest BCUT2D eigenvalue weighted by atomic mass is 16.6. The monoisotopic (exact) mass is 426 g/mol. The van der Waals surface area contributed by atoms with Crippen LogP contribution in [0.25, 0.3) is 0 Å². The van der Waals surface area contributed by atoms with Gasteiger partial charge in [0.1, 0.15) is 16.6 Å². The molecule has 0 aromatic heterocycles. The summed E-state index contributed by atoms with van der Waals surface area (Å²) in [7, 11) is 0. The van der Waals surface area contributed by atoms with Gasteiger partial charge in [-0.1, -0.05) is 0 Å². The molecule has 9 nitrogen and oxygen atoms in total. The molecule has 2 bridgehead atoms. The third-order valence-corrected chi connectivity index (χ3v) is 6.12. The van der Waals surface area contributed by atoms with E-state index in [9.17, 15) is 19.5 Å². The smallest absolute Gasteiger partial charge is 0.410 e. The average Bonchev–Trinajstić information content (AvgIpc) is 2.95. The van der Waals surface area contributed by atoms with Crippen molar-refractivity contribution in [2.75, 3.05) is 19.6 Å². The zero-order valence-electron chi connectivity index (χ0n) is 18.8. The van der Waals surface area contributed by atoms with E-state index < -0.39 is 46.0 Å². The lowest BCUT2D eigenvalue weighted by Crippen LogP contribution is -2.59. The molecule has 2 N–H and O–H groups in total. The number of piperidine rings is 1. The number of carbonyl (C=O) groups is 3. The topological polar surface area (TPSA) is 114 Å². The fourth-order valence-corrected chi connectivity index (χ4v) is 4.97. The first-order valence-electron chi connectivity index (χ1n) is 10.5. The molecule has 0 atom stereocenters. The first kappa shape index (κ1) is 22.7. The largest absolute Gasteiger partial charge is 0.481 e. The van der Waals surface area contributed by atoms with Crippen LogP contribution in [-0.2, 0) is 19.0 Å². The van der Waals surface area contributed by atoms with Crippen molar-refractivity contribution in [2.24, 2.45) is 5.41 Å². The number of ether oxygens (including phenoxy) is 3. The van der Waals surface area contributed by atoms with Gasteiger partial charge in [-0.15, -0.1) is 0 Å². The Bertz CT molecular complexity index is 721. The summed E-state index contributed by atoms with van der Waals surface area (Å²) in [5, 5.41) is 12.7. The van der Waals surface area contributed by atoms with Crippen molar-refractivity contribution < 1.29 is 33.7 Å². The van der Waals surface area contributed by atoms with Gasteiger partial charge in [-0.2, -0.15) is 0 Å². The summed E-state index contributed by atoms with van der Waals surface area (Å²) in [4.78, 5) is 38.2. The molecule has 3 saturated heterocycles. The van der Waals surface area contributed by atoms with Crippen LogP contribution >= 0.6 is 0 Å². The lowest BCUT2D eigenvalue weighted by molar-refractivity contribution is -0.160. The first-order chi connectivity index (χ1) is 13.6. The van der Waals surface area contributed by atoms with Crippen LogP contribution in [0.4, 0.5) is 9.59 Å². The molecule has 0 aromatic carbocycles. The molecule has 9 heteroatoms. The van der Waals surface area contributed by atoms with Gasteiger partial charge in [0, 0.05) is 13.1 Å². The predicted molar refractivity (Wildman–Crippen MR) is 107 cm³/mol. The van der Waals surface area contributed by atoms with Gasteiger partial charge in [0.2, 0.25) is 0 Å². The fraction of sp³-hybridized carbons (Fsp3) is 0.857. The van der Waals surface area contributed by atoms with E-state index in [-0.39, 0.29) is 6.54 Å². The number of carboxylic acid groups (broad SMARTS) is 1. The Kier molecular flexibility index (Phi) is 5.29. The molecule has 0 aromatic rings. The van der Waals surface area contributed by atoms with E-state index in [1.807, 2.05) is 20.8 Å². The van der Waals surface area contributed by atoms with E-state index in [0.717, 1.165) is 0 Å². The zero-order valence-corrected chi connectivity index (χ0v) is 18.8. The van der Waals surface area contributed by atoms with Crippen molar-refractivity contribution in [1.29, 1.82) is 0 Å². The summed E-state index contributed by atoms with van der Waals surface area (Å²) in [6, 6.07) is 0. The number of nitrogens with one attached hydrogen (secondary N) is 1. The van der Waals surface area contributed by atoms with Crippen LogP contribution < -0.4 is 5.32 Å². The Balaban J connectivity index is 1.65. The van der Waals surface area contributed by atoms with Crippen molar-refractivity contribution in [3.05, 3.63) is 0 Å². The van der Waals surface area contributed by atoms with Crippen LogP contribution in [0, 0.1) is 5.41 Å². The van der Waals surface area contributed by atoms with Crippen LogP contribution in [0.1, 0.15) is 67.2 Å². The standard InChI is InChI=1S/C21H34N2O7/c1-17(2,3)28-15(26)22-13-19-11-20(12-19,14(24)25)21(30-19)7-9-23(10-8-21)16(27)29-18(4,5)6/h7-13H2,1-6H3,(H,22,26)(H,24,25). The minimum absolute atomic E-state index is 0.203. The van der Waals surface area contributed by atoms with Gasteiger partial charge >= 0.3 is 18.2 Å². The lowest BCUT2D eigenvalue weighted by Gasteiger charge is -2.47. The Morgan fingerprint density at radius 1 is 1.00 bits per heavy atom. The molecule has 1 aliphatic carbocycles. The zero-order chi connectivity index (χ0) is 22.6. The number of rotatable bonds is 3. The second-order valence-electron chi connectivity index (χ2n) is 10.8. The molecule has 1 saturated carbocycles. The maximum atomic E-state index is 12.4. The summed E-state index contributed by atoms with van der Waals surface area (Å²) in [6.45, 7) is 11.7. The number of amides is 2. The second-order valence-corrected chi connectivity index (χ2v) is 10.8. The normalized spacial score (nSPS) is 29.9. The number of hydrogen-bond acceptors (Lipinski definition) is 6. The van der Waals surface area contributed by atoms with Gasteiger partial charge in [0.15, 0.2) is 0 Å². The van der Waals surface area contributed by atoms with Gasteiger partial charge in [0.05, 0.1) is 17.7 Å². The quantitative estimate of drug-likeness (QED) is 0.713. The molecule has 4 fully saturated rings. The molecule has 2 amide bonds. The van der Waals surface area contributed by atoms with Gasteiger partial charge < -0.3 is 29.5 Å². The third kappa shape index (κ3) is 4.08. The number of likely N-dealkylation sites (tertiary alicyclic amines) is 1. The second kappa shape index (κ2) is 7.00. The van der Waals surface area contributed by atoms with Gasteiger partial charge in [-0.3, -0.25) is 4.79 Å². The van der Waals surface area contributed by atoms with E-state index in [2.05, 4.69) is 5.32 Å². The van der Waals surface area contributed by atoms with E-state index in [4.69, 9.17) is 14.2 Å². The maximum Gasteiger partial charge on any atom is 0.410 e. The van der Waals surface area contributed by atoms with E-state index in [1.54, 1.807) is 25.7 Å². The third-order valence-electron chi connectivity index (χ3n) is 6.12. The van der Waals surface area contributed by atoms with Gasteiger partial charge in [-0.05, 0) is 67.2 Å². The fourth-order valence-electron chi connectivity index (χ4n) is 4.97. The van der Waals surface area contributed by atoms with E-state index in [1.165, 1.54) is 0 Å². The number of carbonyl (C=O) groups excluding carboxylic acids is 2.